The highest BCUT2D eigenvalue weighted by atomic mass is 32.1. The van der Waals surface area contributed by atoms with Gasteiger partial charge in [0.25, 0.3) is 0 Å². The summed E-state index contributed by atoms with van der Waals surface area (Å²) < 4.78 is 11.6. The molecule has 2 fully saturated rings. The van der Waals surface area contributed by atoms with Crippen molar-refractivity contribution in [2.75, 3.05) is 26.3 Å². The van der Waals surface area contributed by atoms with Crippen LogP contribution in [0, 0.1) is 5.92 Å². The minimum Gasteiger partial charge on any atom is -0.481 e. The van der Waals surface area contributed by atoms with Crippen LogP contribution in [0.2, 0.25) is 0 Å². The van der Waals surface area contributed by atoms with Crippen molar-refractivity contribution in [1.82, 2.24) is 4.90 Å². The second-order valence-electron chi connectivity index (χ2n) is 7.35. The normalized spacial score (nSPS) is 26.3. The average molecular weight is 408 g/mol. The Labute approximate surface area is 170 Å². The molecule has 0 bridgehead atoms. The smallest absolute Gasteiger partial charge is 0.303 e. The fourth-order valence-corrected chi connectivity index (χ4v) is 4.66. The van der Waals surface area contributed by atoms with E-state index in [1.54, 1.807) is 11.3 Å². The zero-order valence-corrected chi connectivity index (χ0v) is 16.9. The predicted octanol–water partition coefficient (Wildman–Crippen LogP) is 3.12. The van der Waals surface area contributed by atoms with E-state index >= 15 is 0 Å². The number of thiophene rings is 1. The topological polar surface area (TPSA) is 76.1 Å². The fraction of sp³-hybridized carbons (Fsp3) is 0.619. The van der Waals surface area contributed by atoms with E-state index in [2.05, 4.69) is 17.0 Å². The molecule has 1 aliphatic carbocycles. The first-order valence-electron chi connectivity index (χ1n) is 10.0. The number of allylic oxidation sites excluding steroid dienone is 2. The molecule has 0 amide bonds. The van der Waals surface area contributed by atoms with E-state index < -0.39 is 5.97 Å². The number of rotatable bonds is 10. The van der Waals surface area contributed by atoms with E-state index in [1.807, 2.05) is 17.5 Å². The number of hydrogen-bond acceptors (Lipinski definition) is 6. The molecule has 1 saturated heterocycles. The molecular formula is C21H29NO5S. The Bertz CT molecular complexity index is 654. The third kappa shape index (κ3) is 5.98. The van der Waals surface area contributed by atoms with Gasteiger partial charge in [0, 0.05) is 36.7 Å². The summed E-state index contributed by atoms with van der Waals surface area (Å²) in [6.45, 7) is 3.45. The summed E-state index contributed by atoms with van der Waals surface area (Å²) in [5.74, 6) is -0.368. The largest absolute Gasteiger partial charge is 0.481 e. The maximum absolute atomic E-state index is 12.8. The molecule has 0 spiro atoms. The summed E-state index contributed by atoms with van der Waals surface area (Å²) in [6, 6.07) is 3.95. The summed E-state index contributed by atoms with van der Waals surface area (Å²) in [5.41, 5.74) is 0. The molecule has 3 unspecified atom stereocenters. The van der Waals surface area contributed by atoms with Crippen LogP contribution in [0.15, 0.2) is 29.7 Å². The van der Waals surface area contributed by atoms with Crippen molar-refractivity contribution >= 4 is 23.1 Å². The Hall–Kier alpha value is -1.54. The highest BCUT2D eigenvalue weighted by Gasteiger charge is 2.45. The van der Waals surface area contributed by atoms with Crippen molar-refractivity contribution in [3.8, 4) is 0 Å². The van der Waals surface area contributed by atoms with E-state index in [-0.39, 0.29) is 30.3 Å². The van der Waals surface area contributed by atoms with Gasteiger partial charge in [-0.05, 0) is 30.7 Å². The highest BCUT2D eigenvalue weighted by Crippen LogP contribution is 2.34. The van der Waals surface area contributed by atoms with Crippen LogP contribution in [-0.2, 0) is 25.7 Å². The molecular weight excluding hydrogens is 378 g/mol. The van der Waals surface area contributed by atoms with Crippen molar-refractivity contribution < 1.29 is 24.2 Å². The molecule has 3 atom stereocenters. The van der Waals surface area contributed by atoms with Crippen molar-refractivity contribution in [3.05, 3.63) is 34.5 Å². The first-order valence-corrected chi connectivity index (χ1v) is 10.9. The van der Waals surface area contributed by atoms with Crippen LogP contribution in [0.4, 0.5) is 0 Å². The molecule has 1 aromatic rings. The number of aliphatic carboxylic acids is 1. The number of ketones is 1. The number of Topliss-reactive ketones (excluding diaryl/α,β-unsaturated/α-hetero) is 1. The van der Waals surface area contributed by atoms with Crippen molar-refractivity contribution in [2.45, 2.75) is 50.9 Å². The van der Waals surface area contributed by atoms with Gasteiger partial charge in [0.1, 0.15) is 0 Å². The molecule has 0 aromatic carbocycles. The number of carbonyl (C=O) groups excluding carboxylic acids is 1. The molecule has 28 heavy (non-hydrogen) atoms. The standard InChI is InChI=1S/C21H29NO5S/c23-18-14-19(27-15-16-6-5-13-28-16)17(7-3-1-2-4-8-20(24)25)21(18)22-9-11-26-12-10-22/h1,3,5-6,13,17,19,21H,2,4,7-12,14-15H2,(H,24,25). The first-order chi connectivity index (χ1) is 13.6. The molecule has 154 valence electrons. The minimum atomic E-state index is -0.760. The van der Waals surface area contributed by atoms with Crippen LogP contribution in [-0.4, -0.2) is 60.2 Å². The van der Waals surface area contributed by atoms with Gasteiger partial charge in [-0.25, -0.2) is 0 Å². The first kappa shape index (κ1) is 21.2. The second-order valence-corrected chi connectivity index (χ2v) is 8.38. The van der Waals surface area contributed by atoms with E-state index in [9.17, 15) is 9.59 Å². The molecule has 7 heteroatoms. The molecule has 0 radical (unpaired) electrons. The predicted molar refractivity (Wildman–Crippen MR) is 107 cm³/mol. The molecule has 6 nitrogen and oxygen atoms in total. The van der Waals surface area contributed by atoms with Crippen molar-refractivity contribution in [1.29, 1.82) is 0 Å². The van der Waals surface area contributed by atoms with Gasteiger partial charge in [-0.15, -0.1) is 11.3 Å². The highest BCUT2D eigenvalue weighted by molar-refractivity contribution is 7.09. The van der Waals surface area contributed by atoms with Gasteiger partial charge in [-0.3, -0.25) is 14.5 Å². The maximum Gasteiger partial charge on any atom is 0.303 e. The minimum absolute atomic E-state index is 0.0777. The Morgan fingerprint density at radius 1 is 1.36 bits per heavy atom. The second kappa shape index (κ2) is 10.9. The Balaban J connectivity index is 1.61. The van der Waals surface area contributed by atoms with Gasteiger partial charge in [0.2, 0.25) is 0 Å². The van der Waals surface area contributed by atoms with Crippen molar-refractivity contribution in [3.63, 3.8) is 0 Å². The van der Waals surface area contributed by atoms with Crippen LogP contribution in [0.1, 0.15) is 37.0 Å². The Morgan fingerprint density at radius 2 is 2.18 bits per heavy atom. The summed E-state index contributed by atoms with van der Waals surface area (Å²) in [4.78, 5) is 26.9. The molecule has 2 aliphatic rings. The van der Waals surface area contributed by atoms with E-state index in [0.29, 0.717) is 32.7 Å². The lowest BCUT2D eigenvalue weighted by Crippen LogP contribution is -2.49. The number of nitrogens with zero attached hydrogens (tertiary/aromatic N) is 1. The Kier molecular flexibility index (Phi) is 8.21. The Morgan fingerprint density at radius 3 is 2.89 bits per heavy atom. The van der Waals surface area contributed by atoms with Crippen LogP contribution in [0.5, 0.6) is 0 Å². The van der Waals surface area contributed by atoms with Crippen LogP contribution >= 0.6 is 11.3 Å². The molecule has 1 saturated carbocycles. The summed E-state index contributed by atoms with van der Waals surface area (Å²) in [7, 11) is 0. The molecule has 1 aromatic heterocycles. The zero-order valence-electron chi connectivity index (χ0n) is 16.1. The number of carboxylic acid groups (broad SMARTS) is 1. The van der Waals surface area contributed by atoms with E-state index in [1.165, 1.54) is 4.88 Å². The third-order valence-corrected chi connectivity index (χ3v) is 6.26. The van der Waals surface area contributed by atoms with Gasteiger partial charge >= 0.3 is 5.97 Å². The SMILES string of the molecule is O=C(O)CCCC=CCC1C(OCc2cccs2)CC(=O)C1N1CCOCC1. The van der Waals surface area contributed by atoms with E-state index in [0.717, 1.165) is 25.9 Å². The molecule has 2 heterocycles. The summed E-state index contributed by atoms with van der Waals surface area (Å²) in [6.07, 6.45) is 6.87. The lowest BCUT2D eigenvalue weighted by atomic mass is 9.95. The molecule has 1 N–H and O–H groups in total. The summed E-state index contributed by atoms with van der Waals surface area (Å²) >= 11 is 1.67. The van der Waals surface area contributed by atoms with Gasteiger partial charge in [0.15, 0.2) is 5.78 Å². The zero-order chi connectivity index (χ0) is 19.8. The van der Waals surface area contributed by atoms with Crippen LogP contribution in [0.25, 0.3) is 0 Å². The number of hydrogen-bond donors (Lipinski definition) is 1. The molecule has 1 aliphatic heterocycles. The van der Waals surface area contributed by atoms with Gasteiger partial charge < -0.3 is 14.6 Å². The van der Waals surface area contributed by atoms with Crippen LogP contribution < -0.4 is 0 Å². The van der Waals surface area contributed by atoms with Gasteiger partial charge in [-0.1, -0.05) is 18.2 Å². The van der Waals surface area contributed by atoms with Crippen LogP contribution in [0.3, 0.4) is 0 Å². The fourth-order valence-electron chi connectivity index (χ4n) is 4.03. The molecule has 3 rings (SSSR count). The monoisotopic (exact) mass is 407 g/mol. The lowest BCUT2D eigenvalue weighted by Gasteiger charge is -2.35. The average Bonchev–Trinajstić information content (AvgIpc) is 3.31. The van der Waals surface area contributed by atoms with Gasteiger partial charge in [-0.2, -0.15) is 0 Å². The maximum atomic E-state index is 12.8. The number of morpholine rings is 1. The lowest BCUT2D eigenvalue weighted by molar-refractivity contribution is -0.137. The number of carbonyl (C=O) groups is 2. The number of ether oxygens (including phenoxy) is 2. The number of carboxylic acids is 1. The van der Waals surface area contributed by atoms with Crippen molar-refractivity contribution in [2.24, 2.45) is 5.92 Å². The number of unbranched alkanes of at least 4 members (excludes halogenated alkanes) is 1. The van der Waals surface area contributed by atoms with E-state index in [4.69, 9.17) is 14.6 Å². The summed E-state index contributed by atoms with van der Waals surface area (Å²) in [5, 5.41) is 10.8. The quantitative estimate of drug-likeness (QED) is 0.474. The third-order valence-electron chi connectivity index (χ3n) is 5.41. The van der Waals surface area contributed by atoms with Gasteiger partial charge in [0.05, 0.1) is 32.0 Å².